The van der Waals surface area contributed by atoms with Crippen LogP contribution >= 0.6 is 0 Å². The van der Waals surface area contributed by atoms with Gasteiger partial charge in [0, 0.05) is 13.1 Å². The highest BCUT2D eigenvalue weighted by atomic mass is 32.2. The molecule has 0 aliphatic heterocycles. The normalized spacial score (nSPS) is 11.1. The van der Waals surface area contributed by atoms with Crippen LogP contribution < -0.4 is 10.0 Å². The molecule has 0 saturated heterocycles. The summed E-state index contributed by atoms with van der Waals surface area (Å²) in [6.07, 6.45) is 2.23. The molecule has 7 heteroatoms. The monoisotopic (exact) mass is 298 g/mol. The second-order valence-electron chi connectivity index (χ2n) is 4.08. The van der Waals surface area contributed by atoms with E-state index in [0.29, 0.717) is 25.2 Å². The largest absolute Gasteiger partial charge is 0.478 e. The quantitative estimate of drug-likeness (QED) is 0.635. The Balaban J connectivity index is 3.26. The number of nitrogens with one attached hydrogen (secondary N) is 2. The summed E-state index contributed by atoms with van der Waals surface area (Å²) in [5, 5.41) is 11.8. The molecular formula is C13H18N2O4S. The standard InChI is InChI=1S/C13H18N2O4S/c1-3-7-14-11-6-5-10(13(16)17)9-12(11)20(18,19)15-8-4-2/h3,5-6,9,14-15H,1,4,7-8H2,2H3,(H,16,17). The smallest absolute Gasteiger partial charge is 0.335 e. The minimum absolute atomic E-state index is 0.0762. The first-order valence-electron chi connectivity index (χ1n) is 6.14. The Labute approximate surface area is 118 Å². The molecule has 0 aliphatic rings. The van der Waals surface area contributed by atoms with E-state index in [1.165, 1.54) is 12.1 Å². The fraction of sp³-hybridized carbons (Fsp3) is 0.308. The summed E-state index contributed by atoms with van der Waals surface area (Å²) in [7, 11) is -3.75. The predicted molar refractivity (Wildman–Crippen MR) is 77.6 cm³/mol. The molecule has 3 N–H and O–H groups in total. The highest BCUT2D eigenvalue weighted by molar-refractivity contribution is 7.89. The molecule has 0 saturated carbocycles. The van der Waals surface area contributed by atoms with Crippen LogP contribution in [0.3, 0.4) is 0 Å². The van der Waals surface area contributed by atoms with Gasteiger partial charge in [-0.2, -0.15) is 0 Å². The number of sulfonamides is 1. The molecule has 0 atom stereocenters. The maximum atomic E-state index is 12.2. The predicted octanol–water partition coefficient (Wildman–Crippen LogP) is 1.67. The number of carbonyl (C=O) groups is 1. The minimum atomic E-state index is -3.75. The number of hydrogen-bond acceptors (Lipinski definition) is 4. The van der Waals surface area contributed by atoms with Gasteiger partial charge in [0.25, 0.3) is 0 Å². The summed E-state index contributed by atoms with van der Waals surface area (Å²) >= 11 is 0. The van der Waals surface area contributed by atoms with Gasteiger partial charge in [0.05, 0.1) is 11.3 Å². The first-order valence-corrected chi connectivity index (χ1v) is 7.62. The Morgan fingerprint density at radius 1 is 1.45 bits per heavy atom. The summed E-state index contributed by atoms with van der Waals surface area (Å²) < 4.78 is 26.8. The van der Waals surface area contributed by atoms with E-state index in [-0.39, 0.29) is 10.5 Å². The van der Waals surface area contributed by atoms with Crippen molar-refractivity contribution in [3.63, 3.8) is 0 Å². The first-order chi connectivity index (χ1) is 9.42. The van der Waals surface area contributed by atoms with Gasteiger partial charge in [0.1, 0.15) is 4.90 Å². The van der Waals surface area contributed by atoms with Gasteiger partial charge in [-0.05, 0) is 24.6 Å². The number of carboxylic acids is 1. The van der Waals surface area contributed by atoms with E-state index in [1.54, 1.807) is 6.08 Å². The Kier molecular flexibility index (Phi) is 5.72. The van der Waals surface area contributed by atoms with E-state index in [1.807, 2.05) is 6.92 Å². The van der Waals surface area contributed by atoms with Gasteiger partial charge in [-0.15, -0.1) is 6.58 Å². The average molecular weight is 298 g/mol. The third kappa shape index (κ3) is 4.07. The minimum Gasteiger partial charge on any atom is -0.478 e. The molecule has 0 spiro atoms. The first kappa shape index (κ1) is 16.2. The van der Waals surface area contributed by atoms with E-state index in [2.05, 4.69) is 16.6 Å². The second kappa shape index (κ2) is 7.06. The maximum absolute atomic E-state index is 12.2. The number of rotatable bonds is 8. The Bertz CT molecular complexity index is 596. The van der Waals surface area contributed by atoms with Crippen LogP contribution in [-0.4, -0.2) is 32.6 Å². The summed E-state index contributed by atoms with van der Waals surface area (Å²) in [6, 6.07) is 3.94. The van der Waals surface area contributed by atoms with Crippen LogP contribution in [0.15, 0.2) is 35.7 Å². The number of aromatic carboxylic acids is 1. The highest BCUT2D eigenvalue weighted by Crippen LogP contribution is 2.23. The van der Waals surface area contributed by atoms with Crippen molar-refractivity contribution in [1.82, 2.24) is 4.72 Å². The van der Waals surface area contributed by atoms with Crippen molar-refractivity contribution in [3.8, 4) is 0 Å². The molecule has 1 rings (SSSR count). The van der Waals surface area contributed by atoms with Gasteiger partial charge in [-0.25, -0.2) is 17.9 Å². The zero-order valence-corrected chi connectivity index (χ0v) is 12.0. The Morgan fingerprint density at radius 2 is 2.15 bits per heavy atom. The SMILES string of the molecule is C=CCNc1ccc(C(=O)O)cc1S(=O)(=O)NCCC. The zero-order chi connectivity index (χ0) is 15.2. The van der Waals surface area contributed by atoms with Crippen LogP contribution in [0.4, 0.5) is 5.69 Å². The number of anilines is 1. The molecule has 0 heterocycles. The summed E-state index contributed by atoms with van der Waals surface area (Å²) in [4.78, 5) is 10.9. The van der Waals surface area contributed by atoms with Gasteiger partial charge in [0.15, 0.2) is 0 Å². The van der Waals surface area contributed by atoms with Crippen molar-refractivity contribution in [1.29, 1.82) is 0 Å². The van der Waals surface area contributed by atoms with Crippen molar-refractivity contribution in [2.45, 2.75) is 18.2 Å². The molecule has 0 unspecified atom stereocenters. The van der Waals surface area contributed by atoms with Crippen LogP contribution in [0.25, 0.3) is 0 Å². The van der Waals surface area contributed by atoms with Crippen LogP contribution in [0.5, 0.6) is 0 Å². The third-order valence-corrected chi connectivity index (χ3v) is 4.00. The lowest BCUT2D eigenvalue weighted by atomic mass is 10.2. The van der Waals surface area contributed by atoms with Crippen LogP contribution in [0.2, 0.25) is 0 Å². The third-order valence-electron chi connectivity index (χ3n) is 2.50. The molecular weight excluding hydrogens is 280 g/mol. The van der Waals surface area contributed by atoms with E-state index in [0.717, 1.165) is 6.07 Å². The second-order valence-corrected chi connectivity index (χ2v) is 5.82. The summed E-state index contributed by atoms with van der Waals surface area (Å²) in [6.45, 7) is 6.05. The van der Waals surface area contributed by atoms with Crippen molar-refractivity contribution < 1.29 is 18.3 Å². The lowest BCUT2D eigenvalue weighted by Crippen LogP contribution is -2.25. The molecule has 0 bridgehead atoms. The van der Waals surface area contributed by atoms with E-state index < -0.39 is 16.0 Å². The number of benzene rings is 1. The van der Waals surface area contributed by atoms with Crippen molar-refractivity contribution in [2.24, 2.45) is 0 Å². The highest BCUT2D eigenvalue weighted by Gasteiger charge is 2.20. The van der Waals surface area contributed by atoms with Crippen LogP contribution in [-0.2, 0) is 10.0 Å². The van der Waals surface area contributed by atoms with E-state index in [9.17, 15) is 13.2 Å². The molecule has 0 aromatic heterocycles. The number of hydrogen-bond donors (Lipinski definition) is 3. The summed E-state index contributed by atoms with van der Waals surface area (Å²) in [5.41, 5.74) is 0.268. The fourth-order valence-electron chi connectivity index (χ4n) is 1.52. The van der Waals surface area contributed by atoms with Gasteiger partial charge in [0.2, 0.25) is 10.0 Å². The molecule has 0 aliphatic carbocycles. The van der Waals surface area contributed by atoms with Crippen molar-refractivity contribution in [2.75, 3.05) is 18.4 Å². The summed E-state index contributed by atoms with van der Waals surface area (Å²) in [5.74, 6) is -1.17. The fourth-order valence-corrected chi connectivity index (χ4v) is 2.86. The van der Waals surface area contributed by atoms with Gasteiger partial charge < -0.3 is 10.4 Å². The van der Waals surface area contributed by atoms with E-state index >= 15 is 0 Å². The molecule has 0 radical (unpaired) electrons. The Morgan fingerprint density at radius 3 is 2.70 bits per heavy atom. The van der Waals surface area contributed by atoms with Gasteiger partial charge in [-0.3, -0.25) is 0 Å². The van der Waals surface area contributed by atoms with Crippen molar-refractivity contribution >= 4 is 21.7 Å². The van der Waals surface area contributed by atoms with Crippen molar-refractivity contribution in [3.05, 3.63) is 36.4 Å². The Hall–Kier alpha value is -1.86. The lowest BCUT2D eigenvalue weighted by molar-refractivity contribution is 0.0696. The molecule has 6 nitrogen and oxygen atoms in total. The topological polar surface area (TPSA) is 95.5 Å². The van der Waals surface area contributed by atoms with Gasteiger partial charge in [-0.1, -0.05) is 13.0 Å². The van der Waals surface area contributed by atoms with Crippen LogP contribution in [0, 0.1) is 0 Å². The average Bonchev–Trinajstić information content (AvgIpc) is 2.42. The molecule has 110 valence electrons. The molecule has 1 aromatic rings. The molecule has 1 aromatic carbocycles. The van der Waals surface area contributed by atoms with E-state index in [4.69, 9.17) is 5.11 Å². The van der Waals surface area contributed by atoms with Crippen LogP contribution in [0.1, 0.15) is 23.7 Å². The zero-order valence-electron chi connectivity index (χ0n) is 11.2. The maximum Gasteiger partial charge on any atom is 0.335 e. The molecule has 0 amide bonds. The lowest BCUT2D eigenvalue weighted by Gasteiger charge is -2.13. The molecule has 20 heavy (non-hydrogen) atoms. The molecule has 0 fully saturated rings. The number of carboxylic acid groups (broad SMARTS) is 1. The van der Waals surface area contributed by atoms with Gasteiger partial charge >= 0.3 is 5.97 Å².